The summed E-state index contributed by atoms with van der Waals surface area (Å²) in [6, 6.07) is 4.93. The van der Waals surface area contributed by atoms with Crippen molar-refractivity contribution in [2.24, 2.45) is 17.1 Å². The third kappa shape index (κ3) is 2.74. The van der Waals surface area contributed by atoms with Gasteiger partial charge in [-0.3, -0.25) is 0 Å². The largest absolute Gasteiger partial charge is 0.330 e. The van der Waals surface area contributed by atoms with Crippen molar-refractivity contribution >= 4 is 11.6 Å². The molecule has 1 atom stereocenters. The lowest BCUT2D eigenvalue weighted by Crippen LogP contribution is -2.34. The summed E-state index contributed by atoms with van der Waals surface area (Å²) in [6.45, 7) is 6.93. The van der Waals surface area contributed by atoms with Crippen LogP contribution in [0, 0.1) is 17.2 Å². The van der Waals surface area contributed by atoms with E-state index in [1.54, 1.807) is 6.07 Å². The second-order valence-corrected chi connectivity index (χ2v) is 5.28. The van der Waals surface area contributed by atoms with E-state index < -0.39 is 0 Å². The fraction of sp³-hybridized carbons (Fsp3) is 0.538. The summed E-state index contributed by atoms with van der Waals surface area (Å²) < 4.78 is 13.3. The van der Waals surface area contributed by atoms with Crippen LogP contribution in [-0.4, -0.2) is 6.54 Å². The minimum absolute atomic E-state index is 0.0442. The van der Waals surface area contributed by atoms with Gasteiger partial charge in [0.2, 0.25) is 0 Å². The summed E-state index contributed by atoms with van der Waals surface area (Å²) in [7, 11) is 0. The van der Waals surface area contributed by atoms with E-state index in [2.05, 4.69) is 20.8 Å². The molecule has 0 fully saturated rings. The molecule has 1 aromatic carbocycles. The Balaban J connectivity index is 2.99. The van der Waals surface area contributed by atoms with E-state index in [0.29, 0.717) is 18.9 Å². The zero-order valence-corrected chi connectivity index (χ0v) is 10.8. The molecule has 0 heterocycles. The van der Waals surface area contributed by atoms with Crippen molar-refractivity contribution < 1.29 is 4.39 Å². The zero-order chi connectivity index (χ0) is 12.3. The monoisotopic (exact) mass is 243 g/mol. The minimum atomic E-state index is -0.359. The minimum Gasteiger partial charge on any atom is -0.330 e. The Morgan fingerprint density at radius 2 is 2.06 bits per heavy atom. The Morgan fingerprint density at radius 1 is 1.44 bits per heavy atom. The van der Waals surface area contributed by atoms with E-state index >= 15 is 0 Å². The van der Waals surface area contributed by atoms with Gasteiger partial charge in [-0.1, -0.05) is 44.5 Å². The molecular formula is C13H19ClFN. The number of halogens is 2. The topological polar surface area (TPSA) is 26.0 Å². The number of benzene rings is 1. The normalized spacial score (nSPS) is 15.2. The second kappa shape index (κ2) is 5.15. The first-order valence-electron chi connectivity index (χ1n) is 5.53. The molecule has 0 saturated carbocycles. The maximum atomic E-state index is 13.3. The number of rotatable bonds is 4. The van der Waals surface area contributed by atoms with E-state index in [9.17, 15) is 4.39 Å². The maximum absolute atomic E-state index is 13.3. The number of hydrogen-bond donors (Lipinski definition) is 1. The molecule has 1 rings (SSSR count). The molecule has 0 spiro atoms. The fourth-order valence-corrected chi connectivity index (χ4v) is 1.82. The van der Waals surface area contributed by atoms with Gasteiger partial charge in [0, 0.05) is 0 Å². The molecule has 0 saturated heterocycles. The van der Waals surface area contributed by atoms with Crippen LogP contribution in [0.15, 0.2) is 18.2 Å². The van der Waals surface area contributed by atoms with E-state index in [0.717, 1.165) is 5.56 Å². The van der Waals surface area contributed by atoms with Gasteiger partial charge >= 0.3 is 0 Å². The Labute approximate surface area is 102 Å². The molecule has 0 amide bonds. The molecule has 0 aliphatic heterocycles. The first-order chi connectivity index (χ1) is 7.40. The van der Waals surface area contributed by atoms with Gasteiger partial charge in [0.25, 0.3) is 0 Å². The van der Waals surface area contributed by atoms with Crippen molar-refractivity contribution in [1.29, 1.82) is 0 Å². The predicted octanol–water partition coefficient (Wildman–Crippen LogP) is 3.64. The van der Waals surface area contributed by atoms with E-state index in [1.807, 2.05) is 6.07 Å². The number of hydrogen-bond acceptors (Lipinski definition) is 1. The van der Waals surface area contributed by atoms with Gasteiger partial charge in [0.15, 0.2) is 0 Å². The van der Waals surface area contributed by atoms with Crippen molar-refractivity contribution in [3.8, 4) is 0 Å². The Morgan fingerprint density at radius 3 is 2.56 bits per heavy atom. The van der Waals surface area contributed by atoms with Crippen molar-refractivity contribution in [3.63, 3.8) is 0 Å². The molecule has 1 nitrogen and oxygen atoms in total. The molecule has 2 N–H and O–H groups in total. The van der Waals surface area contributed by atoms with Crippen LogP contribution in [0.3, 0.4) is 0 Å². The number of nitrogens with two attached hydrogens (primary N) is 1. The molecule has 1 aromatic rings. The van der Waals surface area contributed by atoms with E-state index in [-0.39, 0.29) is 16.3 Å². The van der Waals surface area contributed by atoms with Crippen molar-refractivity contribution in [1.82, 2.24) is 0 Å². The zero-order valence-electron chi connectivity index (χ0n) is 10.1. The summed E-state index contributed by atoms with van der Waals surface area (Å²) in [5.41, 5.74) is 6.60. The lowest BCUT2D eigenvalue weighted by molar-refractivity contribution is 0.227. The molecule has 0 bridgehead atoms. The van der Waals surface area contributed by atoms with Crippen LogP contribution in [0.1, 0.15) is 26.3 Å². The van der Waals surface area contributed by atoms with Crippen LogP contribution in [0.4, 0.5) is 4.39 Å². The average Bonchev–Trinajstić information content (AvgIpc) is 2.24. The molecule has 1 unspecified atom stereocenters. The van der Waals surface area contributed by atoms with Crippen LogP contribution >= 0.6 is 11.6 Å². The van der Waals surface area contributed by atoms with Gasteiger partial charge < -0.3 is 5.73 Å². The van der Waals surface area contributed by atoms with Gasteiger partial charge in [0.1, 0.15) is 5.82 Å². The van der Waals surface area contributed by atoms with Gasteiger partial charge in [-0.15, -0.1) is 0 Å². The van der Waals surface area contributed by atoms with Crippen molar-refractivity contribution in [3.05, 3.63) is 34.6 Å². The molecule has 90 valence electrons. The van der Waals surface area contributed by atoms with Crippen molar-refractivity contribution in [2.45, 2.75) is 27.2 Å². The summed E-state index contributed by atoms with van der Waals surface area (Å²) in [6.07, 6.45) is 0.706. The van der Waals surface area contributed by atoms with Crippen LogP contribution in [0.5, 0.6) is 0 Å². The molecule has 0 aromatic heterocycles. The van der Waals surface area contributed by atoms with Crippen molar-refractivity contribution in [2.75, 3.05) is 6.54 Å². The average molecular weight is 244 g/mol. The van der Waals surface area contributed by atoms with Crippen LogP contribution in [0.2, 0.25) is 5.02 Å². The third-order valence-corrected chi connectivity index (χ3v) is 3.91. The van der Waals surface area contributed by atoms with Gasteiger partial charge in [-0.25, -0.2) is 4.39 Å². The molecule has 0 aliphatic rings. The predicted molar refractivity (Wildman–Crippen MR) is 67.1 cm³/mol. The highest BCUT2D eigenvalue weighted by Gasteiger charge is 2.28. The molecular weight excluding hydrogens is 225 g/mol. The Hall–Kier alpha value is -0.600. The molecule has 0 radical (unpaired) electrons. The Kier molecular flexibility index (Phi) is 4.34. The van der Waals surface area contributed by atoms with Gasteiger partial charge in [-0.05, 0) is 35.9 Å². The lowest BCUT2D eigenvalue weighted by Gasteiger charge is -2.32. The van der Waals surface area contributed by atoms with Gasteiger partial charge in [0.05, 0.1) is 5.02 Å². The summed E-state index contributed by atoms with van der Waals surface area (Å²) in [5.74, 6) is 0.0686. The van der Waals surface area contributed by atoms with Crippen LogP contribution in [0.25, 0.3) is 0 Å². The van der Waals surface area contributed by atoms with Crippen LogP contribution in [-0.2, 0) is 6.42 Å². The summed E-state index contributed by atoms with van der Waals surface area (Å²) in [5, 5.41) is 0.225. The second-order valence-electron chi connectivity index (χ2n) is 4.90. The smallest absolute Gasteiger partial charge is 0.142 e. The summed E-state index contributed by atoms with van der Waals surface area (Å²) >= 11 is 5.95. The third-order valence-electron chi connectivity index (χ3n) is 3.49. The fourth-order valence-electron chi connectivity index (χ4n) is 1.63. The lowest BCUT2D eigenvalue weighted by atomic mass is 9.74. The standard InChI is InChI=1S/C13H19ClFN/c1-9(2)13(3,8-16)7-10-5-4-6-11(15)12(10)14/h4-6,9H,7-8,16H2,1-3H3. The molecule has 0 aliphatic carbocycles. The first kappa shape index (κ1) is 13.5. The first-order valence-corrected chi connectivity index (χ1v) is 5.91. The van der Waals surface area contributed by atoms with Crippen LogP contribution < -0.4 is 5.73 Å². The highest BCUT2D eigenvalue weighted by atomic mass is 35.5. The van der Waals surface area contributed by atoms with E-state index in [1.165, 1.54) is 6.07 Å². The molecule has 3 heteroatoms. The Bertz CT molecular complexity index is 365. The van der Waals surface area contributed by atoms with Gasteiger partial charge in [-0.2, -0.15) is 0 Å². The SMILES string of the molecule is CC(C)C(C)(CN)Cc1cccc(F)c1Cl. The highest BCUT2D eigenvalue weighted by Crippen LogP contribution is 2.33. The quantitative estimate of drug-likeness (QED) is 0.859. The summed E-state index contributed by atoms with van der Waals surface area (Å²) in [4.78, 5) is 0. The van der Waals surface area contributed by atoms with E-state index in [4.69, 9.17) is 17.3 Å². The highest BCUT2D eigenvalue weighted by molar-refractivity contribution is 6.31. The maximum Gasteiger partial charge on any atom is 0.142 e. The molecule has 16 heavy (non-hydrogen) atoms.